The van der Waals surface area contributed by atoms with Crippen molar-refractivity contribution in [3.8, 4) is 0 Å². The molecule has 0 aromatic heterocycles. The molecular formula is C10H9ClFNO. The number of amides is 1. The first-order chi connectivity index (χ1) is 6.57. The summed E-state index contributed by atoms with van der Waals surface area (Å²) in [6, 6.07) is 3.00. The van der Waals surface area contributed by atoms with Crippen LogP contribution >= 0.6 is 11.6 Å². The van der Waals surface area contributed by atoms with Gasteiger partial charge in [-0.05, 0) is 24.8 Å². The Hall–Kier alpha value is -1.35. The number of hydrogen-bond donors (Lipinski definition) is 1. The van der Waals surface area contributed by atoms with Gasteiger partial charge in [-0.1, -0.05) is 24.2 Å². The Morgan fingerprint density at radius 2 is 2.29 bits per heavy atom. The van der Waals surface area contributed by atoms with Crippen LogP contribution in [0, 0.1) is 12.7 Å². The smallest absolute Gasteiger partial charge is 0.259 e. The van der Waals surface area contributed by atoms with Crippen molar-refractivity contribution in [1.82, 2.24) is 5.32 Å². The van der Waals surface area contributed by atoms with Crippen molar-refractivity contribution in [2.75, 3.05) is 0 Å². The van der Waals surface area contributed by atoms with E-state index in [9.17, 15) is 9.18 Å². The molecule has 1 N–H and O–H groups in total. The third kappa shape index (κ3) is 1.93. The summed E-state index contributed by atoms with van der Waals surface area (Å²) in [4.78, 5) is 11.3. The second-order valence-corrected chi connectivity index (χ2v) is 3.14. The zero-order chi connectivity index (χ0) is 10.7. The first-order valence-corrected chi connectivity index (χ1v) is 4.32. The topological polar surface area (TPSA) is 29.1 Å². The van der Waals surface area contributed by atoms with Gasteiger partial charge in [-0.25, -0.2) is 4.39 Å². The minimum atomic E-state index is -0.600. The second-order valence-electron chi connectivity index (χ2n) is 2.73. The van der Waals surface area contributed by atoms with Crippen LogP contribution in [0.3, 0.4) is 0 Å². The highest BCUT2D eigenvalue weighted by Gasteiger charge is 2.16. The summed E-state index contributed by atoms with van der Waals surface area (Å²) < 4.78 is 13.5. The van der Waals surface area contributed by atoms with Gasteiger partial charge in [0.2, 0.25) is 0 Å². The summed E-state index contributed by atoms with van der Waals surface area (Å²) >= 11 is 5.70. The molecule has 0 spiro atoms. The molecule has 1 amide bonds. The van der Waals surface area contributed by atoms with Gasteiger partial charge in [-0.2, -0.15) is 0 Å². The standard InChI is InChI=1S/C10H9ClFNO/c1-3-13-10(14)8-7(11)5-4-6(2)9(8)12/h3-5H,1H2,2H3,(H,13,14). The number of carbonyl (C=O) groups excluding carboxylic acids is 1. The summed E-state index contributed by atoms with van der Waals surface area (Å²) in [5, 5.41) is 2.36. The van der Waals surface area contributed by atoms with Gasteiger partial charge in [0, 0.05) is 0 Å². The second kappa shape index (κ2) is 4.24. The Bertz CT molecular complexity index is 390. The first-order valence-electron chi connectivity index (χ1n) is 3.94. The predicted molar refractivity (Wildman–Crippen MR) is 53.8 cm³/mol. The lowest BCUT2D eigenvalue weighted by Crippen LogP contribution is -2.19. The van der Waals surface area contributed by atoms with Crippen LogP contribution in [0.15, 0.2) is 24.9 Å². The number of aryl methyl sites for hydroxylation is 1. The van der Waals surface area contributed by atoms with Crippen molar-refractivity contribution in [1.29, 1.82) is 0 Å². The molecule has 0 aliphatic heterocycles. The van der Waals surface area contributed by atoms with Crippen LogP contribution in [0.4, 0.5) is 4.39 Å². The van der Waals surface area contributed by atoms with Crippen LogP contribution in [-0.4, -0.2) is 5.91 Å². The van der Waals surface area contributed by atoms with Crippen LogP contribution in [0.1, 0.15) is 15.9 Å². The fourth-order valence-electron chi connectivity index (χ4n) is 1.03. The average molecular weight is 214 g/mol. The number of halogens is 2. The fourth-order valence-corrected chi connectivity index (χ4v) is 1.26. The van der Waals surface area contributed by atoms with E-state index in [1.54, 1.807) is 6.92 Å². The summed E-state index contributed by atoms with van der Waals surface area (Å²) in [6.45, 7) is 4.88. The van der Waals surface area contributed by atoms with Crippen molar-refractivity contribution in [3.05, 3.63) is 46.9 Å². The fraction of sp³-hybridized carbons (Fsp3) is 0.100. The van der Waals surface area contributed by atoms with E-state index in [0.717, 1.165) is 0 Å². The monoisotopic (exact) mass is 213 g/mol. The molecule has 1 rings (SSSR count). The molecule has 0 aliphatic carbocycles. The molecule has 14 heavy (non-hydrogen) atoms. The van der Waals surface area contributed by atoms with Crippen LogP contribution in [0.2, 0.25) is 5.02 Å². The number of nitrogens with one attached hydrogen (secondary N) is 1. The quantitative estimate of drug-likeness (QED) is 0.804. The van der Waals surface area contributed by atoms with E-state index in [0.29, 0.717) is 5.56 Å². The zero-order valence-corrected chi connectivity index (χ0v) is 8.36. The van der Waals surface area contributed by atoms with Crippen LogP contribution in [0.25, 0.3) is 0 Å². The van der Waals surface area contributed by atoms with E-state index in [4.69, 9.17) is 11.6 Å². The van der Waals surface area contributed by atoms with Gasteiger partial charge in [0.15, 0.2) is 0 Å². The molecule has 1 aromatic carbocycles. The van der Waals surface area contributed by atoms with Gasteiger partial charge in [0.25, 0.3) is 5.91 Å². The minimum absolute atomic E-state index is 0.0902. The van der Waals surface area contributed by atoms with Gasteiger partial charge in [-0.15, -0.1) is 0 Å². The molecule has 0 atom stereocenters. The molecule has 0 unspecified atom stereocenters. The van der Waals surface area contributed by atoms with E-state index < -0.39 is 11.7 Å². The molecule has 0 radical (unpaired) electrons. The van der Waals surface area contributed by atoms with Crippen molar-refractivity contribution in [2.24, 2.45) is 0 Å². The molecule has 0 saturated carbocycles. The third-order valence-corrected chi connectivity index (χ3v) is 2.06. The van der Waals surface area contributed by atoms with Crippen LogP contribution in [0.5, 0.6) is 0 Å². The van der Waals surface area contributed by atoms with Gasteiger partial charge < -0.3 is 5.32 Å². The van der Waals surface area contributed by atoms with Gasteiger partial charge in [0.05, 0.1) is 10.6 Å². The Morgan fingerprint density at radius 1 is 1.64 bits per heavy atom. The SMILES string of the molecule is C=CNC(=O)c1c(Cl)ccc(C)c1F. The van der Waals surface area contributed by atoms with Crippen LogP contribution < -0.4 is 5.32 Å². The zero-order valence-electron chi connectivity index (χ0n) is 7.60. The Balaban J connectivity index is 3.25. The van der Waals surface area contributed by atoms with E-state index in [1.807, 2.05) is 0 Å². The lowest BCUT2D eigenvalue weighted by atomic mass is 10.1. The molecule has 0 heterocycles. The maximum absolute atomic E-state index is 13.5. The summed E-state index contributed by atoms with van der Waals surface area (Å²) in [5.41, 5.74) is 0.232. The molecule has 74 valence electrons. The highest BCUT2D eigenvalue weighted by molar-refractivity contribution is 6.33. The first kappa shape index (κ1) is 10.7. The number of rotatable bonds is 2. The average Bonchev–Trinajstić information content (AvgIpc) is 2.13. The predicted octanol–water partition coefficient (Wildman–Crippen LogP) is 2.66. The number of carbonyl (C=O) groups is 1. The van der Waals surface area contributed by atoms with Gasteiger partial charge in [0.1, 0.15) is 5.82 Å². The normalized spacial score (nSPS) is 9.64. The Labute approximate surface area is 86.4 Å². The summed E-state index contributed by atoms with van der Waals surface area (Å²) in [6.07, 6.45) is 1.18. The van der Waals surface area contributed by atoms with Crippen molar-refractivity contribution in [2.45, 2.75) is 6.92 Å². The van der Waals surface area contributed by atoms with E-state index >= 15 is 0 Å². The van der Waals surface area contributed by atoms with Gasteiger partial charge in [-0.3, -0.25) is 4.79 Å². The maximum atomic E-state index is 13.5. The van der Waals surface area contributed by atoms with E-state index in [-0.39, 0.29) is 10.6 Å². The minimum Gasteiger partial charge on any atom is -0.329 e. The third-order valence-electron chi connectivity index (χ3n) is 1.74. The highest BCUT2D eigenvalue weighted by Crippen LogP contribution is 2.21. The molecule has 0 aliphatic rings. The lowest BCUT2D eigenvalue weighted by Gasteiger charge is -2.06. The van der Waals surface area contributed by atoms with E-state index in [2.05, 4.69) is 11.9 Å². The molecule has 4 heteroatoms. The molecule has 2 nitrogen and oxygen atoms in total. The molecule has 1 aromatic rings. The number of hydrogen-bond acceptors (Lipinski definition) is 1. The molecule has 0 fully saturated rings. The van der Waals surface area contributed by atoms with Gasteiger partial charge >= 0.3 is 0 Å². The highest BCUT2D eigenvalue weighted by atomic mass is 35.5. The van der Waals surface area contributed by atoms with Crippen molar-refractivity contribution >= 4 is 17.5 Å². The van der Waals surface area contributed by atoms with Crippen molar-refractivity contribution < 1.29 is 9.18 Å². The van der Waals surface area contributed by atoms with Crippen molar-refractivity contribution in [3.63, 3.8) is 0 Å². The molecule has 0 bridgehead atoms. The lowest BCUT2D eigenvalue weighted by molar-refractivity contribution is 0.0966. The summed E-state index contributed by atoms with van der Waals surface area (Å²) in [7, 11) is 0. The van der Waals surface area contributed by atoms with E-state index in [1.165, 1.54) is 18.3 Å². The molecule has 0 saturated heterocycles. The Morgan fingerprint density at radius 3 is 2.86 bits per heavy atom. The maximum Gasteiger partial charge on any atom is 0.259 e. The summed E-state index contributed by atoms with van der Waals surface area (Å²) in [5.74, 6) is -1.19. The number of benzene rings is 1. The Kier molecular flexibility index (Phi) is 3.25. The molecular weight excluding hydrogens is 205 g/mol. The largest absolute Gasteiger partial charge is 0.329 e. The van der Waals surface area contributed by atoms with Crippen LogP contribution in [-0.2, 0) is 0 Å².